The number of nitrogens with one attached hydrogen (secondary N) is 1. The first-order valence-corrected chi connectivity index (χ1v) is 6.73. The average Bonchev–Trinajstić information content (AvgIpc) is 2.36. The summed E-state index contributed by atoms with van der Waals surface area (Å²) in [6.45, 7) is 0. The number of carbonyl (C=O) groups excluding carboxylic acids is 1. The van der Waals surface area contributed by atoms with Gasteiger partial charge in [0.1, 0.15) is 0 Å². The molecule has 2 atom stereocenters. The Morgan fingerprint density at radius 1 is 1.06 bits per heavy atom. The molecule has 3 rings (SSSR count). The maximum absolute atomic E-state index is 12.1. The lowest BCUT2D eigenvalue weighted by molar-refractivity contribution is 0.0966. The van der Waals surface area contributed by atoms with Gasteiger partial charge in [-0.2, -0.15) is 0 Å². The minimum atomic E-state index is 0.303. The summed E-state index contributed by atoms with van der Waals surface area (Å²) in [5, 5.41) is 3.61. The van der Waals surface area contributed by atoms with E-state index in [1.54, 1.807) is 0 Å². The number of carbonyl (C=O) groups is 1. The molecule has 0 spiro atoms. The monoisotopic (exact) mass is 229 g/mol. The lowest BCUT2D eigenvalue weighted by Gasteiger charge is -2.35. The summed E-state index contributed by atoms with van der Waals surface area (Å²) in [4.78, 5) is 12.1. The van der Waals surface area contributed by atoms with Crippen LogP contribution in [0.5, 0.6) is 0 Å². The standard InChI is InChI=1S/C15H19NO/c17-15-10-9-11-5-1-3-7-13(11)16-14-8-4-2-6-12(14)15/h2,4,6,8,11,13,16H,1,3,5,7,9-10H2. The predicted octanol–water partition coefficient (Wildman–Crippen LogP) is 3.63. The Morgan fingerprint density at radius 2 is 1.88 bits per heavy atom. The van der Waals surface area contributed by atoms with Gasteiger partial charge in [0.25, 0.3) is 0 Å². The molecule has 2 nitrogen and oxygen atoms in total. The molecule has 0 aromatic heterocycles. The van der Waals surface area contributed by atoms with E-state index < -0.39 is 0 Å². The molecule has 2 unspecified atom stereocenters. The zero-order valence-electron chi connectivity index (χ0n) is 10.1. The summed E-state index contributed by atoms with van der Waals surface area (Å²) in [5.74, 6) is 0.998. The highest BCUT2D eigenvalue weighted by Crippen LogP contribution is 2.34. The van der Waals surface area contributed by atoms with Crippen molar-refractivity contribution in [2.24, 2.45) is 5.92 Å². The molecule has 1 heterocycles. The molecule has 2 aliphatic rings. The number of fused-ring (bicyclic) bond motifs is 2. The van der Waals surface area contributed by atoms with Crippen molar-refractivity contribution in [3.8, 4) is 0 Å². The quantitative estimate of drug-likeness (QED) is 0.736. The fourth-order valence-corrected chi connectivity index (χ4v) is 3.25. The van der Waals surface area contributed by atoms with Gasteiger partial charge in [-0.15, -0.1) is 0 Å². The van der Waals surface area contributed by atoms with Gasteiger partial charge >= 0.3 is 0 Å². The van der Waals surface area contributed by atoms with Crippen molar-refractivity contribution in [3.05, 3.63) is 29.8 Å². The van der Waals surface area contributed by atoms with Gasteiger partial charge in [-0.3, -0.25) is 4.79 Å². The van der Waals surface area contributed by atoms with Crippen LogP contribution in [0.15, 0.2) is 24.3 Å². The number of ketones is 1. The first-order chi connectivity index (χ1) is 8.34. The summed E-state index contributed by atoms with van der Waals surface area (Å²) in [6, 6.07) is 8.55. The second kappa shape index (κ2) is 4.52. The van der Waals surface area contributed by atoms with E-state index in [4.69, 9.17) is 0 Å². The Kier molecular flexibility index (Phi) is 2.87. The Balaban J connectivity index is 1.93. The van der Waals surface area contributed by atoms with Crippen molar-refractivity contribution >= 4 is 11.5 Å². The molecular formula is C15H19NO. The summed E-state index contributed by atoms with van der Waals surface area (Å²) in [6.07, 6.45) is 6.98. The van der Waals surface area contributed by atoms with Crippen LogP contribution >= 0.6 is 0 Å². The summed E-state index contributed by atoms with van der Waals surface area (Å²) >= 11 is 0. The van der Waals surface area contributed by atoms with E-state index in [9.17, 15) is 4.79 Å². The second-order valence-electron chi connectivity index (χ2n) is 5.30. The Bertz CT molecular complexity index is 427. The van der Waals surface area contributed by atoms with Crippen LogP contribution in [0.1, 0.15) is 48.9 Å². The number of rotatable bonds is 0. The van der Waals surface area contributed by atoms with Crippen molar-refractivity contribution in [3.63, 3.8) is 0 Å². The number of para-hydroxylation sites is 1. The van der Waals surface area contributed by atoms with E-state index >= 15 is 0 Å². The molecule has 2 heteroatoms. The van der Waals surface area contributed by atoms with Crippen LogP contribution in [-0.4, -0.2) is 11.8 Å². The third-order valence-electron chi connectivity index (χ3n) is 4.22. The molecule has 90 valence electrons. The maximum atomic E-state index is 12.1. The molecule has 1 aromatic carbocycles. The van der Waals surface area contributed by atoms with Crippen LogP contribution < -0.4 is 5.32 Å². The molecule has 1 saturated carbocycles. The summed E-state index contributed by atoms with van der Waals surface area (Å²) < 4.78 is 0. The van der Waals surface area contributed by atoms with Gasteiger partial charge in [0.2, 0.25) is 0 Å². The van der Waals surface area contributed by atoms with E-state index in [1.807, 2.05) is 24.3 Å². The van der Waals surface area contributed by atoms with E-state index in [0.717, 1.165) is 24.1 Å². The number of hydrogen-bond donors (Lipinski definition) is 1. The van der Waals surface area contributed by atoms with Gasteiger partial charge in [-0.05, 0) is 37.3 Å². The normalized spacial score (nSPS) is 28.4. The van der Waals surface area contributed by atoms with Crippen molar-refractivity contribution < 1.29 is 4.79 Å². The minimum absolute atomic E-state index is 0.303. The molecule has 0 amide bonds. The van der Waals surface area contributed by atoms with Gasteiger partial charge in [0.15, 0.2) is 5.78 Å². The van der Waals surface area contributed by atoms with Crippen LogP contribution in [0.3, 0.4) is 0 Å². The molecule has 17 heavy (non-hydrogen) atoms. The van der Waals surface area contributed by atoms with Crippen LogP contribution in [0.25, 0.3) is 0 Å². The maximum Gasteiger partial charge on any atom is 0.164 e. The highest BCUT2D eigenvalue weighted by molar-refractivity contribution is 6.01. The first kappa shape index (κ1) is 10.8. The fraction of sp³-hybridized carbons (Fsp3) is 0.533. The van der Waals surface area contributed by atoms with E-state index in [0.29, 0.717) is 17.7 Å². The van der Waals surface area contributed by atoms with Gasteiger partial charge in [-0.1, -0.05) is 25.0 Å². The molecule has 0 bridgehead atoms. The number of Topliss-reactive ketones (excluding diaryl/α,β-unsaturated/α-hetero) is 1. The zero-order valence-corrected chi connectivity index (χ0v) is 10.1. The van der Waals surface area contributed by atoms with Gasteiger partial charge in [0.05, 0.1) is 0 Å². The smallest absolute Gasteiger partial charge is 0.164 e. The van der Waals surface area contributed by atoms with Gasteiger partial charge < -0.3 is 5.32 Å². The molecule has 1 N–H and O–H groups in total. The van der Waals surface area contributed by atoms with Gasteiger partial charge in [-0.25, -0.2) is 0 Å². The average molecular weight is 229 g/mol. The molecular weight excluding hydrogens is 210 g/mol. The first-order valence-electron chi connectivity index (χ1n) is 6.73. The lowest BCUT2D eigenvalue weighted by atomic mass is 9.79. The zero-order chi connectivity index (χ0) is 11.7. The van der Waals surface area contributed by atoms with Gasteiger partial charge in [0, 0.05) is 23.7 Å². The van der Waals surface area contributed by atoms with Crippen LogP contribution in [0.2, 0.25) is 0 Å². The summed E-state index contributed by atoms with van der Waals surface area (Å²) in [7, 11) is 0. The third-order valence-corrected chi connectivity index (χ3v) is 4.22. The molecule has 1 aliphatic carbocycles. The molecule has 1 aliphatic heterocycles. The predicted molar refractivity (Wildman–Crippen MR) is 69.4 cm³/mol. The number of anilines is 1. The lowest BCUT2D eigenvalue weighted by Crippen LogP contribution is -2.34. The van der Waals surface area contributed by atoms with Crippen molar-refractivity contribution in [1.29, 1.82) is 0 Å². The number of benzene rings is 1. The fourth-order valence-electron chi connectivity index (χ4n) is 3.25. The molecule has 0 saturated heterocycles. The third kappa shape index (κ3) is 2.08. The van der Waals surface area contributed by atoms with Crippen molar-refractivity contribution in [2.75, 3.05) is 5.32 Å². The largest absolute Gasteiger partial charge is 0.381 e. The molecule has 0 radical (unpaired) electrons. The Labute approximate surface area is 102 Å². The number of hydrogen-bond acceptors (Lipinski definition) is 2. The highest BCUT2D eigenvalue weighted by Gasteiger charge is 2.28. The Morgan fingerprint density at radius 3 is 2.82 bits per heavy atom. The van der Waals surface area contributed by atoms with Crippen molar-refractivity contribution in [1.82, 2.24) is 0 Å². The van der Waals surface area contributed by atoms with Crippen LogP contribution in [0.4, 0.5) is 5.69 Å². The minimum Gasteiger partial charge on any atom is -0.381 e. The van der Waals surface area contributed by atoms with E-state index in [1.165, 1.54) is 25.7 Å². The molecule has 1 fully saturated rings. The second-order valence-corrected chi connectivity index (χ2v) is 5.30. The van der Waals surface area contributed by atoms with Crippen LogP contribution in [-0.2, 0) is 0 Å². The topological polar surface area (TPSA) is 29.1 Å². The van der Waals surface area contributed by atoms with E-state index in [2.05, 4.69) is 5.32 Å². The van der Waals surface area contributed by atoms with Crippen LogP contribution in [0, 0.1) is 5.92 Å². The Hall–Kier alpha value is -1.31. The molecule has 1 aromatic rings. The van der Waals surface area contributed by atoms with E-state index in [-0.39, 0.29) is 0 Å². The summed E-state index contributed by atoms with van der Waals surface area (Å²) in [5.41, 5.74) is 1.94. The van der Waals surface area contributed by atoms with Crippen molar-refractivity contribution in [2.45, 2.75) is 44.6 Å². The highest BCUT2D eigenvalue weighted by atomic mass is 16.1. The SMILES string of the molecule is O=C1CCC2CCCCC2Nc2ccccc21.